The molecule has 0 aromatic carbocycles. The molecule has 1 aromatic rings. The molecule has 18 heavy (non-hydrogen) atoms. The third kappa shape index (κ3) is 3.16. The van der Waals surface area contributed by atoms with E-state index in [-0.39, 0.29) is 11.5 Å². The Bertz CT molecular complexity index is 502. The van der Waals surface area contributed by atoms with Gasteiger partial charge in [-0.3, -0.25) is 9.59 Å². The third-order valence-electron chi connectivity index (χ3n) is 2.88. The van der Waals surface area contributed by atoms with Crippen molar-refractivity contribution in [1.82, 2.24) is 9.88 Å². The Balaban J connectivity index is 2.10. The number of nitrogens with two attached hydrogens (primary N) is 1. The van der Waals surface area contributed by atoms with Crippen LogP contribution in [-0.4, -0.2) is 33.4 Å². The lowest BCUT2D eigenvalue weighted by atomic mass is 10.2. The quantitative estimate of drug-likeness (QED) is 0.766. The topological polar surface area (TPSA) is 79.2 Å². The van der Waals surface area contributed by atoms with E-state index < -0.39 is 0 Å². The van der Waals surface area contributed by atoms with E-state index in [4.69, 9.17) is 18.0 Å². The summed E-state index contributed by atoms with van der Waals surface area (Å²) < 4.78 is 0. The lowest BCUT2D eigenvalue weighted by Gasteiger charge is -2.22. The van der Waals surface area contributed by atoms with Crippen LogP contribution >= 0.6 is 12.2 Å². The molecule has 1 aliphatic rings. The van der Waals surface area contributed by atoms with E-state index in [1.54, 1.807) is 4.90 Å². The summed E-state index contributed by atoms with van der Waals surface area (Å²) in [5.41, 5.74) is 5.74. The Morgan fingerprint density at radius 1 is 1.50 bits per heavy atom. The minimum absolute atomic E-state index is 0.0787. The lowest BCUT2D eigenvalue weighted by Crippen LogP contribution is -2.35. The summed E-state index contributed by atoms with van der Waals surface area (Å²) >= 11 is 4.83. The van der Waals surface area contributed by atoms with Gasteiger partial charge in [0.15, 0.2) is 0 Å². The van der Waals surface area contributed by atoms with Crippen LogP contribution < -0.4 is 11.3 Å². The van der Waals surface area contributed by atoms with E-state index >= 15 is 0 Å². The molecule has 0 atom stereocenters. The predicted molar refractivity (Wildman–Crippen MR) is 72.5 cm³/mol. The summed E-state index contributed by atoms with van der Waals surface area (Å²) in [6, 6.07) is 3.18. The van der Waals surface area contributed by atoms with Gasteiger partial charge in [-0.15, -0.1) is 0 Å². The van der Waals surface area contributed by atoms with Crippen molar-refractivity contribution < 1.29 is 4.79 Å². The number of hydrogen-bond acceptors (Lipinski definition) is 3. The number of hydrogen-bond donors (Lipinski definition) is 2. The maximum absolute atomic E-state index is 12.3. The van der Waals surface area contributed by atoms with Gasteiger partial charge in [0, 0.05) is 31.3 Å². The van der Waals surface area contributed by atoms with Crippen LogP contribution in [0.3, 0.4) is 0 Å². The van der Waals surface area contributed by atoms with Crippen LogP contribution in [0.25, 0.3) is 0 Å². The molecule has 1 saturated carbocycles. The molecule has 1 aromatic heterocycles. The second-order valence-electron chi connectivity index (χ2n) is 4.39. The Labute approximate surface area is 110 Å². The largest absolute Gasteiger partial charge is 0.393 e. The van der Waals surface area contributed by atoms with E-state index in [1.807, 2.05) is 0 Å². The van der Waals surface area contributed by atoms with Crippen LogP contribution in [0.2, 0.25) is 0 Å². The van der Waals surface area contributed by atoms with Crippen LogP contribution in [0.15, 0.2) is 23.1 Å². The molecule has 0 saturated heterocycles. The first-order valence-corrected chi connectivity index (χ1v) is 6.27. The zero-order valence-electron chi connectivity index (χ0n) is 9.89. The third-order valence-corrected chi connectivity index (χ3v) is 3.08. The molecule has 0 radical (unpaired) electrons. The van der Waals surface area contributed by atoms with Crippen molar-refractivity contribution in [2.24, 2.45) is 5.73 Å². The SMILES string of the molecule is NC(=S)CCN(C(=O)c1ccc(=O)[nH]c1)C1CC1. The van der Waals surface area contributed by atoms with Crippen LogP contribution in [0.4, 0.5) is 0 Å². The summed E-state index contributed by atoms with van der Waals surface area (Å²) in [5, 5.41) is 0. The lowest BCUT2D eigenvalue weighted by molar-refractivity contribution is 0.0747. The van der Waals surface area contributed by atoms with Crippen LogP contribution in [0.5, 0.6) is 0 Å². The summed E-state index contributed by atoms with van der Waals surface area (Å²) in [4.78, 5) is 27.9. The Morgan fingerprint density at radius 3 is 2.72 bits per heavy atom. The molecule has 2 rings (SSSR count). The van der Waals surface area contributed by atoms with Gasteiger partial charge >= 0.3 is 0 Å². The van der Waals surface area contributed by atoms with Crippen molar-refractivity contribution in [3.63, 3.8) is 0 Å². The maximum Gasteiger partial charge on any atom is 0.255 e. The van der Waals surface area contributed by atoms with Crippen molar-refractivity contribution in [2.45, 2.75) is 25.3 Å². The zero-order chi connectivity index (χ0) is 13.1. The van der Waals surface area contributed by atoms with E-state index in [1.165, 1.54) is 18.3 Å². The molecule has 6 heteroatoms. The van der Waals surface area contributed by atoms with Gasteiger partial charge in [0.25, 0.3) is 5.91 Å². The maximum atomic E-state index is 12.3. The van der Waals surface area contributed by atoms with E-state index in [0.717, 1.165) is 12.8 Å². The zero-order valence-corrected chi connectivity index (χ0v) is 10.7. The number of aromatic nitrogens is 1. The number of aromatic amines is 1. The van der Waals surface area contributed by atoms with Crippen LogP contribution in [-0.2, 0) is 0 Å². The normalized spacial score (nSPS) is 14.2. The molecule has 1 aliphatic carbocycles. The minimum Gasteiger partial charge on any atom is -0.393 e. The summed E-state index contributed by atoms with van der Waals surface area (Å²) in [5.74, 6) is -0.0787. The fourth-order valence-electron chi connectivity index (χ4n) is 1.78. The number of carbonyl (C=O) groups excluding carboxylic acids is 1. The van der Waals surface area contributed by atoms with Gasteiger partial charge in [0.1, 0.15) is 0 Å². The highest BCUT2D eigenvalue weighted by atomic mass is 32.1. The first-order valence-electron chi connectivity index (χ1n) is 5.86. The van der Waals surface area contributed by atoms with E-state index in [2.05, 4.69) is 4.98 Å². The first kappa shape index (κ1) is 12.8. The van der Waals surface area contributed by atoms with Gasteiger partial charge in [-0.05, 0) is 18.9 Å². The fraction of sp³-hybridized carbons (Fsp3) is 0.417. The van der Waals surface area contributed by atoms with E-state index in [0.29, 0.717) is 29.6 Å². The van der Waals surface area contributed by atoms with Crippen molar-refractivity contribution in [1.29, 1.82) is 0 Å². The standard InChI is InChI=1S/C12H15N3O2S/c13-10(18)5-6-15(9-2-3-9)12(17)8-1-4-11(16)14-7-8/h1,4,7,9H,2-3,5-6H2,(H2,13,18)(H,14,16). The molecular formula is C12H15N3O2S. The van der Waals surface area contributed by atoms with Gasteiger partial charge in [-0.1, -0.05) is 12.2 Å². The highest BCUT2D eigenvalue weighted by molar-refractivity contribution is 7.80. The summed E-state index contributed by atoms with van der Waals surface area (Å²) in [6.45, 7) is 0.540. The Hall–Kier alpha value is -1.69. The molecule has 0 spiro atoms. The Kier molecular flexibility index (Phi) is 3.76. The summed E-state index contributed by atoms with van der Waals surface area (Å²) in [6.07, 6.45) is 4.01. The number of nitrogens with one attached hydrogen (secondary N) is 1. The number of H-pyrrole nitrogens is 1. The number of pyridine rings is 1. The number of carbonyl (C=O) groups is 1. The van der Waals surface area contributed by atoms with Crippen LogP contribution in [0.1, 0.15) is 29.6 Å². The van der Waals surface area contributed by atoms with Gasteiger partial charge in [-0.25, -0.2) is 0 Å². The molecule has 0 bridgehead atoms. The minimum atomic E-state index is -0.215. The number of thiocarbonyl (C=S) groups is 1. The molecule has 96 valence electrons. The second kappa shape index (κ2) is 5.30. The molecule has 1 fully saturated rings. The molecular weight excluding hydrogens is 250 g/mol. The van der Waals surface area contributed by atoms with E-state index in [9.17, 15) is 9.59 Å². The highest BCUT2D eigenvalue weighted by Crippen LogP contribution is 2.28. The molecule has 3 N–H and O–H groups in total. The summed E-state index contributed by atoms with van der Waals surface area (Å²) in [7, 11) is 0. The smallest absolute Gasteiger partial charge is 0.255 e. The monoisotopic (exact) mass is 265 g/mol. The molecule has 1 amide bonds. The van der Waals surface area contributed by atoms with Crippen LogP contribution in [0, 0.1) is 0 Å². The molecule has 5 nitrogen and oxygen atoms in total. The number of nitrogens with zero attached hydrogens (tertiary/aromatic N) is 1. The van der Waals surface area contributed by atoms with Crippen molar-refractivity contribution in [3.05, 3.63) is 34.2 Å². The van der Waals surface area contributed by atoms with Crippen molar-refractivity contribution in [3.8, 4) is 0 Å². The Morgan fingerprint density at radius 2 is 2.22 bits per heavy atom. The van der Waals surface area contributed by atoms with Gasteiger partial charge in [-0.2, -0.15) is 0 Å². The number of amides is 1. The number of rotatable bonds is 5. The van der Waals surface area contributed by atoms with Crippen molar-refractivity contribution >= 4 is 23.1 Å². The molecule has 0 aliphatic heterocycles. The van der Waals surface area contributed by atoms with Gasteiger partial charge in [0.2, 0.25) is 5.56 Å². The average Bonchev–Trinajstić information content (AvgIpc) is 3.14. The highest BCUT2D eigenvalue weighted by Gasteiger charge is 2.32. The van der Waals surface area contributed by atoms with Gasteiger partial charge in [0.05, 0.1) is 10.6 Å². The fourth-order valence-corrected chi connectivity index (χ4v) is 1.87. The predicted octanol–water partition coefficient (Wildman–Crippen LogP) is 0.656. The molecule has 1 heterocycles. The van der Waals surface area contributed by atoms with Gasteiger partial charge < -0.3 is 15.6 Å². The molecule has 0 unspecified atom stereocenters. The second-order valence-corrected chi connectivity index (χ2v) is 4.91. The van der Waals surface area contributed by atoms with Crippen molar-refractivity contribution in [2.75, 3.05) is 6.54 Å². The first-order chi connectivity index (χ1) is 8.58. The average molecular weight is 265 g/mol.